The van der Waals surface area contributed by atoms with Gasteiger partial charge in [0.1, 0.15) is 5.82 Å². The number of hydrogen-bond donors (Lipinski definition) is 1. The molecular weight excluding hydrogens is 218 g/mol. The second kappa shape index (κ2) is 5.70. The fourth-order valence-corrected chi connectivity index (χ4v) is 2.22. The molecule has 2 aromatic rings. The van der Waals surface area contributed by atoms with Crippen LogP contribution in [0.25, 0.3) is 0 Å². The van der Waals surface area contributed by atoms with Crippen molar-refractivity contribution in [2.24, 2.45) is 0 Å². The SMILES string of the molecule is CCCCn1nccc1NCc1ccsc1. The maximum absolute atomic E-state index is 4.31. The van der Waals surface area contributed by atoms with Gasteiger partial charge in [0, 0.05) is 19.2 Å². The molecule has 3 nitrogen and oxygen atoms in total. The van der Waals surface area contributed by atoms with Gasteiger partial charge in [-0.3, -0.25) is 0 Å². The third-order valence-electron chi connectivity index (χ3n) is 2.49. The summed E-state index contributed by atoms with van der Waals surface area (Å²) < 4.78 is 2.04. The van der Waals surface area contributed by atoms with E-state index >= 15 is 0 Å². The second-order valence-corrected chi connectivity index (χ2v) is 4.56. The summed E-state index contributed by atoms with van der Waals surface area (Å²) in [4.78, 5) is 0. The van der Waals surface area contributed by atoms with Gasteiger partial charge in [0.25, 0.3) is 0 Å². The molecule has 0 aliphatic carbocycles. The van der Waals surface area contributed by atoms with Crippen LogP contribution in [0.3, 0.4) is 0 Å². The lowest BCUT2D eigenvalue weighted by molar-refractivity contribution is 0.576. The molecule has 0 atom stereocenters. The zero-order valence-electron chi connectivity index (χ0n) is 9.52. The van der Waals surface area contributed by atoms with Gasteiger partial charge in [0.2, 0.25) is 0 Å². The van der Waals surface area contributed by atoms with E-state index in [9.17, 15) is 0 Å². The first-order valence-corrected chi connectivity index (χ1v) is 6.61. The van der Waals surface area contributed by atoms with E-state index < -0.39 is 0 Å². The Labute approximate surface area is 100 Å². The summed E-state index contributed by atoms with van der Waals surface area (Å²) in [6, 6.07) is 4.17. The Bertz CT molecular complexity index is 406. The van der Waals surface area contributed by atoms with Crippen molar-refractivity contribution in [3.8, 4) is 0 Å². The van der Waals surface area contributed by atoms with Gasteiger partial charge >= 0.3 is 0 Å². The summed E-state index contributed by atoms with van der Waals surface area (Å²) in [7, 11) is 0. The standard InChI is InChI=1S/C12H17N3S/c1-2-3-7-15-12(4-6-14-15)13-9-11-5-8-16-10-11/h4-6,8,10,13H,2-3,7,9H2,1H3. The molecule has 0 aliphatic rings. The van der Waals surface area contributed by atoms with Crippen LogP contribution in [0.4, 0.5) is 5.82 Å². The third kappa shape index (κ3) is 2.85. The summed E-state index contributed by atoms with van der Waals surface area (Å²) in [5, 5.41) is 12.0. The normalized spacial score (nSPS) is 10.6. The number of aryl methyl sites for hydroxylation is 1. The molecule has 0 radical (unpaired) electrons. The van der Waals surface area contributed by atoms with Crippen LogP contribution in [0.1, 0.15) is 25.3 Å². The van der Waals surface area contributed by atoms with Gasteiger partial charge in [-0.25, -0.2) is 4.68 Å². The minimum Gasteiger partial charge on any atom is -0.366 e. The minimum atomic E-state index is 0.876. The minimum absolute atomic E-state index is 0.876. The fraction of sp³-hybridized carbons (Fsp3) is 0.417. The van der Waals surface area contributed by atoms with Crippen LogP contribution in [-0.2, 0) is 13.1 Å². The largest absolute Gasteiger partial charge is 0.366 e. The summed E-state index contributed by atoms with van der Waals surface area (Å²) >= 11 is 1.73. The Morgan fingerprint density at radius 3 is 3.12 bits per heavy atom. The highest BCUT2D eigenvalue weighted by Gasteiger charge is 2.01. The average Bonchev–Trinajstić information content (AvgIpc) is 2.94. The first kappa shape index (κ1) is 11.2. The molecule has 0 bridgehead atoms. The van der Waals surface area contributed by atoms with Gasteiger partial charge in [-0.05, 0) is 28.8 Å². The number of thiophene rings is 1. The van der Waals surface area contributed by atoms with Gasteiger partial charge in [-0.2, -0.15) is 16.4 Å². The van der Waals surface area contributed by atoms with Gasteiger partial charge < -0.3 is 5.32 Å². The maximum Gasteiger partial charge on any atom is 0.124 e. The molecule has 0 fully saturated rings. The van der Waals surface area contributed by atoms with E-state index in [0.717, 1.165) is 18.9 Å². The molecule has 2 rings (SSSR count). The van der Waals surface area contributed by atoms with Crippen LogP contribution in [-0.4, -0.2) is 9.78 Å². The Morgan fingerprint density at radius 1 is 1.44 bits per heavy atom. The number of anilines is 1. The Balaban J connectivity index is 1.91. The molecule has 2 aromatic heterocycles. The Kier molecular flexibility index (Phi) is 3.99. The van der Waals surface area contributed by atoms with Crippen molar-refractivity contribution in [2.45, 2.75) is 32.9 Å². The molecule has 0 aliphatic heterocycles. The summed E-state index contributed by atoms with van der Waals surface area (Å²) in [6.45, 7) is 4.07. The van der Waals surface area contributed by atoms with E-state index in [1.807, 2.05) is 16.9 Å². The third-order valence-corrected chi connectivity index (χ3v) is 3.23. The summed E-state index contributed by atoms with van der Waals surface area (Å²) in [6.07, 6.45) is 4.23. The average molecular weight is 235 g/mol. The molecule has 0 unspecified atom stereocenters. The van der Waals surface area contributed by atoms with Crippen LogP contribution in [0.15, 0.2) is 29.1 Å². The van der Waals surface area contributed by atoms with Crippen molar-refractivity contribution in [3.63, 3.8) is 0 Å². The van der Waals surface area contributed by atoms with Crippen molar-refractivity contribution in [1.29, 1.82) is 0 Å². The van der Waals surface area contributed by atoms with E-state index in [1.165, 1.54) is 18.4 Å². The number of hydrogen-bond acceptors (Lipinski definition) is 3. The van der Waals surface area contributed by atoms with E-state index in [0.29, 0.717) is 0 Å². The highest BCUT2D eigenvalue weighted by Crippen LogP contribution is 2.11. The van der Waals surface area contributed by atoms with Crippen molar-refractivity contribution in [2.75, 3.05) is 5.32 Å². The second-order valence-electron chi connectivity index (χ2n) is 3.78. The molecular formula is C12H17N3S. The highest BCUT2D eigenvalue weighted by molar-refractivity contribution is 7.07. The molecule has 1 N–H and O–H groups in total. The first-order valence-electron chi connectivity index (χ1n) is 5.67. The molecule has 4 heteroatoms. The van der Waals surface area contributed by atoms with E-state index in [2.05, 4.69) is 34.2 Å². The first-order chi connectivity index (χ1) is 7.90. The summed E-state index contributed by atoms with van der Waals surface area (Å²) in [5.74, 6) is 1.11. The highest BCUT2D eigenvalue weighted by atomic mass is 32.1. The van der Waals surface area contributed by atoms with Crippen LogP contribution in [0.5, 0.6) is 0 Å². The quantitative estimate of drug-likeness (QED) is 0.832. The zero-order valence-corrected chi connectivity index (χ0v) is 10.3. The van der Waals surface area contributed by atoms with Gasteiger partial charge in [-0.15, -0.1) is 0 Å². The van der Waals surface area contributed by atoms with Crippen molar-refractivity contribution in [1.82, 2.24) is 9.78 Å². The van der Waals surface area contributed by atoms with Crippen LogP contribution in [0.2, 0.25) is 0 Å². The topological polar surface area (TPSA) is 29.9 Å². The Morgan fingerprint density at radius 2 is 2.38 bits per heavy atom. The van der Waals surface area contributed by atoms with Crippen LogP contribution >= 0.6 is 11.3 Å². The lowest BCUT2D eigenvalue weighted by Gasteiger charge is -2.08. The molecule has 16 heavy (non-hydrogen) atoms. The van der Waals surface area contributed by atoms with Crippen molar-refractivity contribution < 1.29 is 0 Å². The fourth-order valence-electron chi connectivity index (χ4n) is 1.55. The maximum atomic E-state index is 4.31. The lowest BCUT2D eigenvalue weighted by Crippen LogP contribution is -2.07. The number of aromatic nitrogens is 2. The number of rotatable bonds is 6. The van der Waals surface area contributed by atoms with Gasteiger partial charge in [-0.1, -0.05) is 13.3 Å². The zero-order chi connectivity index (χ0) is 11.2. The Hall–Kier alpha value is -1.29. The number of unbranched alkanes of at least 4 members (excludes halogenated alkanes) is 1. The van der Waals surface area contributed by atoms with Crippen molar-refractivity contribution >= 4 is 17.2 Å². The van der Waals surface area contributed by atoms with E-state index in [1.54, 1.807) is 11.3 Å². The molecule has 0 amide bonds. The molecule has 0 aromatic carbocycles. The van der Waals surface area contributed by atoms with E-state index in [-0.39, 0.29) is 0 Å². The van der Waals surface area contributed by atoms with Crippen molar-refractivity contribution in [3.05, 3.63) is 34.7 Å². The summed E-state index contributed by atoms with van der Waals surface area (Å²) in [5.41, 5.74) is 1.33. The number of nitrogens with one attached hydrogen (secondary N) is 1. The number of nitrogens with zero attached hydrogens (tertiary/aromatic N) is 2. The molecule has 0 spiro atoms. The van der Waals surface area contributed by atoms with Crippen LogP contribution in [0, 0.1) is 0 Å². The molecule has 86 valence electrons. The van der Waals surface area contributed by atoms with Crippen LogP contribution < -0.4 is 5.32 Å². The van der Waals surface area contributed by atoms with E-state index in [4.69, 9.17) is 0 Å². The van der Waals surface area contributed by atoms with Gasteiger partial charge in [0.05, 0.1) is 6.20 Å². The van der Waals surface area contributed by atoms with Gasteiger partial charge in [0.15, 0.2) is 0 Å². The lowest BCUT2D eigenvalue weighted by atomic mass is 10.3. The molecule has 0 saturated carbocycles. The monoisotopic (exact) mass is 235 g/mol. The molecule has 0 saturated heterocycles. The molecule has 2 heterocycles. The predicted molar refractivity (Wildman–Crippen MR) is 68.8 cm³/mol. The smallest absolute Gasteiger partial charge is 0.124 e. The predicted octanol–water partition coefficient (Wildman–Crippen LogP) is 3.36.